The average molecular weight is 578 g/mol. The van der Waals surface area contributed by atoms with Gasteiger partial charge in [-0.3, -0.25) is 9.69 Å². The number of hydrogen-bond donors (Lipinski definition) is 0. The van der Waals surface area contributed by atoms with Crippen LogP contribution in [-0.4, -0.2) is 96.7 Å². The first-order chi connectivity index (χ1) is 19.6. The average Bonchev–Trinajstić information content (AvgIpc) is 2.96. The quantitative estimate of drug-likeness (QED) is 0.352. The number of halogens is 3. The minimum Gasteiger partial charge on any atom is -0.493 e. The molecular formula is C30H42F3N5O3. The van der Waals surface area contributed by atoms with Gasteiger partial charge >= 0.3 is 6.18 Å². The van der Waals surface area contributed by atoms with Gasteiger partial charge in [-0.15, -0.1) is 0 Å². The van der Waals surface area contributed by atoms with Crippen molar-refractivity contribution in [3.05, 3.63) is 52.6 Å². The third kappa shape index (κ3) is 7.75. The number of carbonyl (C=O) groups excluding carboxylic acids is 1. The first kappa shape index (κ1) is 31.2. The van der Waals surface area contributed by atoms with Gasteiger partial charge in [0.2, 0.25) is 5.82 Å². The topological polar surface area (TPSA) is 71.0 Å². The molecule has 4 rings (SSSR count). The fourth-order valence-corrected chi connectivity index (χ4v) is 5.98. The number of aromatic nitrogens is 2. The second-order valence-corrected chi connectivity index (χ2v) is 11.1. The van der Waals surface area contributed by atoms with Crippen LogP contribution in [-0.2, 0) is 10.9 Å². The molecule has 2 saturated heterocycles. The van der Waals surface area contributed by atoms with Crippen LogP contribution in [0.5, 0.6) is 5.75 Å². The highest BCUT2D eigenvalue weighted by atomic mass is 19.4. The summed E-state index contributed by atoms with van der Waals surface area (Å²) in [6.45, 7) is 9.46. The van der Waals surface area contributed by atoms with Crippen LogP contribution in [0.3, 0.4) is 0 Å². The summed E-state index contributed by atoms with van der Waals surface area (Å²) in [5.41, 5.74) is 3.78. The number of benzene rings is 1. The molecule has 0 spiro atoms. The van der Waals surface area contributed by atoms with Crippen LogP contribution in [0.4, 0.5) is 13.2 Å². The molecule has 0 unspecified atom stereocenters. The van der Waals surface area contributed by atoms with Gasteiger partial charge in [0.15, 0.2) is 0 Å². The highest BCUT2D eigenvalue weighted by molar-refractivity contribution is 5.93. The Kier molecular flexibility index (Phi) is 10.6. The monoisotopic (exact) mass is 577 g/mol. The first-order valence-corrected chi connectivity index (χ1v) is 14.4. The van der Waals surface area contributed by atoms with E-state index in [0.717, 1.165) is 75.5 Å². The predicted molar refractivity (Wildman–Crippen MR) is 150 cm³/mol. The molecule has 0 radical (unpaired) electrons. The third-order valence-corrected chi connectivity index (χ3v) is 8.35. The van der Waals surface area contributed by atoms with Crippen molar-refractivity contribution in [3.63, 3.8) is 0 Å². The van der Waals surface area contributed by atoms with Crippen molar-refractivity contribution < 1.29 is 27.4 Å². The Morgan fingerprint density at radius 3 is 2.44 bits per heavy atom. The number of carbonyl (C=O) groups is 1. The Morgan fingerprint density at radius 2 is 1.76 bits per heavy atom. The summed E-state index contributed by atoms with van der Waals surface area (Å²) in [7, 11) is 3.85. The predicted octanol–water partition coefficient (Wildman–Crippen LogP) is 4.90. The maximum absolute atomic E-state index is 13.1. The SMILES string of the molecule is COCCCN(C)CCCOc1ccc([C@H]2CCC[C@H]3CN(C(=O)c4cnc(C(F)(F)F)nc4)CCN32)c(C)c1C. The number of piperidine rings is 1. The molecule has 11 heteroatoms. The van der Waals surface area contributed by atoms with Crippen LogP contribution in [0.2, 0.25) is 0 Å². The number of rotatable bonds is 11. The summed E-state index contributed by atoms with van der Waals surface area (Å²) in [5.74, 6) is -0.637. The molecular weight excluding hydrogens is 535 g/mol. The normalized spacial score (nSPS) is 19.9. The molecule has 2 atom stereocenters. The lowest BCUT2D eigenvalue weighted by Gasteiger charge is -2.48. The van der Waals surface area contributed by atoms with Gasteiger partial charge in [0.05, 0.1) is 12.2 Å². The smallest absolute Gasteiger partial charge is 0.451 e. The molecule has 0 saturated carbocycles. The third-order valence-electron chi connectivity index (χ3n) is 8.35. The zero-order valence-corrected chi connectivity index (χ0v) is 24.5. The zero-order valence-electron chi connectivity index (χ0n) is 24.5. The van der Waals surface area contributed by atoms with Crippen molar-refractivity contribution in [2.24, 2.45) is 0 Å². The molecule has 41 heavy (non-hydrogen) atoms. The lowest BCUT2D eigenvalue weighted by molar-refractivity contribution is -0.145. The van der Waals surface area contributed by atoms with E-state index in [1.807, 2.05) is 0 Å². The number of alkyl halides is 3. The Hall–Kier alpha value is -2.76. The van der Waals surface area contributed by atoms with E-state index in [1.165, 1.54) is 11.1 Å². The van der Waals surface area contributed by atoms with Gasteiger partial charge < -0.3 is 19.3 Å². The number of fused-ring (bicyclic) bond motifs is 1. The summed E-state index contributed by atoms with van der Waals surface area (Å²) >= 11 is 0. The number of ether oxygens (including phenoxy) is 2. The Morgan fingerprint density at radius 1 is 1.05 bits per heavy atom. The Labute approximate surface area is 240 Å². The van der Waals surface area contributed by atoms with E-state index in [-0.39, 0.29) is 23.6 Å². The van der Waals surface area contributed by atoms with Gasteiger partial charge in [-0.05, 0) is 75.8 Å². The van der Waals surface area contributed by atoms with Crippen LogP contribution in [0.15, 0.2) is 24.5 Å². The molecule has 2 aromatic rings. The lowest BCUT2D eigenvalue weighted by atomic mass is 9.86. The molecule has 2 aliphatic heterocycles. The van der Waals surface area contributed by atoms with Crippen LogP contribution >= 0.6 is 0 Å². The second kappa shape index (κ2) is 13.9. The summed E-state index contributed by atoms with van der Waals surface area (Å²) in [5, 5.41) is 0. The number of nitrogens with zero attached hydrogens (tertiary/aromatic N) is 5. The molecule has 2 aliphatic rings. The van der Waals surface area contributed by atoms with Gasteiger partial charge in [-0.25, -0.2) is 9.97 Å². The first-order valence-electron chi connectivity index (χ1n) is 14.4. The number of amides is 1. The van der Waals surface area contributed by atoms with Crippen LogP contribution in [0.25, 0.3) is 0 Å². The van der Waals surface area contributed by atoms with E-state index in [9.17, 15) is 18.0 Å². The molecule has 3 heterocycles. The largest absolute Gasteiger partial charge is 0.493 e. The van der Waals surface area contributed by atoms with Gasteiger partial charge in [-0.1, -0.05) is 6.07 Å². The molecule has 0 aliphatic carbocycles. The van der Waals surface area contributed by atoms with Gasteiger partial charge in [0, 0.05) is 70.9 Å². The molecule has 2 fully saturated rings. The van der Waals surface area contributed by atoms with Crippen LogP contribution in [0.1, 0.15) is 71.0 Å². The zero-order chi connectivity index (χ0) is 29.6. The van der Waals surface area contributed by atoms with E-state index < -0.39 is 12.0 Å². The van der Waals surface area contributed by atoms with Crippen molar-refractivity contribution in [2.75, 3.05) is 60.1 Å². The molecule has 226 valence electrons. The Bertz CT molecular complexity index is 1160. The molecule has 1 amide bonds. The molecule has 0 bridgehead atoms. The second-order valence-electron chi connectivity index (χ2n) is 11.1. The van der Waals surface area contributed by atoms with Crippen molar-refractivity contribution in [2.45, 2.75) is 64.2 Å². The fraction of sp³-hybridized carbons (Fsp3) is 0.633. The Balaban J connectivity index is 1.34. The number of methoxy groups -OCH3 is 1. The van der Waals surface area contributed by atoms with Crippen molar-refractivity contribution in [1.82, 2.24) is 24.7 Å². The molecule has 1 aromatic carbocycles. The van der Waals surface area contributed by atoms with Gasteiger partial charge in [0.1, 0.15) is 5.75 Å². The highest BCUT2D eigenvalue weighted by Gasteiger charge is 2.38. The van der Waals surface area contributed by atoms with Crippen molar-refractivity contribution in [1.29, 1.82) is 0 Å². The van der Waals surface area contributed by atoms with Crippen molar-refractivity contribution in [3.8, 4) is 5.75 Å². The minimum atomic E-state index is -4.63. The summed E-state index contributed by atoms with van der Waals surface area (Å²) < 4.78 is 49.7. The highest BCUT2D eigenvalue weighted by Crippen LogP contribution is 2.39. The van der Waals surface area contributed by atoms with E-state index in [4.69, 9.17) is 9.47 Å². The van der Waals surface area contributed by atoms with Crippen LogP contribution in [0, 0.1) is 13.8 Å². The van der Waals surface area contributed by atoms with Gasteiger partial charge in [0.25, 0.3) is 5.91 Å². The number of hydrogen-bond acceptors (Lipinski definition) is 7. The van der Waals surface area contributed by atoms with E-state index >= 15 is 0 Å². The lowest BCUT2D eigenvalue weighted by Crippen LogP contribution is -2.57. The molecule has 0 N–H and O–H groups in total. The number of piperazine rings is 1. The van der Waals surface area contributed by atoms with E-state index in [0.29, 0.717) is 26.2 Å². The van der Waals surface area contributed by atoms with E-state index in [2.05, 4.69) is 52.8 Å². The van der Waals surface area contributed by atoms with Crippen molar-refractivity contribution >= 4 is 5.91 Å². The maximum Gasteiger partial charge on any atom is 0.451 e. The van der Waals surface area contributed by atoms with Crippen LogP contribution < -0.4 is 4.74 Å². The molecule has 1 aromatic heterocycles. The summed E-state index contributed by atoms with van der Waals surface area (Å²) in [4.78, 5) is 26.3. The summed E-state index contributed by atoms with van der Waals surface area (Å²) in [6, 6.07) is 4.74. The minimum absolute atomic E-state index is 0.0820. The fourth-order valence-electron chi connectivity index (χ4n) is 5.98. The maximum atomic E-state index is 13.1. The van der Waals surface area contributed by atoms with E-state index in [1.54, 1.807) is 12.0 Å². The standard InChI is InChI=1S/C30H42F3N5O3/c1-21-22(2)27(41-17-7-13-36(3)12-6-16-40-4)11-10-25(21)26-9-5-8-24-20-37(14-15-38(24)26)28(39)23-18-34-29(35-19-23)30(31,32)33/h10-11,18-19,24,26H,5-9,12-17,20H2,1-4H3/t24-,26+/m0/s1. The molecule has 8 nitrogen and oxygen atoms in total. The summed E-state index contributed by atoms with van der Waals surface area (Å²) in [6.07, 6.45) is 2.37. The van der Waals surface area contributed by atoms with Gasteiger partial charge in [-0.2, -0.15) is 13.2 Å².